The third-order valence-electron chi connectivity index (χ3n) is 2.79. The van der Waals surface area contributed by atoms with Crippen LogP contribution in [0.5, 0.6) is 0 Å². The van der Waals surface area contributed by atoms with Gasteiger partial charge >= 0.3 is 6.03 Å². The van der Waals surface area contributed by atoms with Crippen molar-refractivity contribution in [3.05, 3.63) is 0 Å². The molecular weight excluding hydrogens is 200 g/mol. The number of carbonyl (C=O) groups is 1. The van der Waals surface area contributed by atoms with Gasteiger partial charge in [0.1, 0.15) is 0 Å². The molecule has 0 heterocycles. The Labute approximate surface area is 101 Å². The quantitative estimate of drug-likeness (QED) is 0.744. The summed E-state index contributed by atoms with van der Waals surface area (Å²) in [5, 5.41) is 2.95. The Morgan fingerprint density at radius 1 is 1.12 bits per heavy atom. The molecule has 0 saturated heterocycles. The molecule has 0 aliphatic carbocycles. The SMILES string of the molecule is CC(C)CCNC(=O)N(C)[C@H](C)CC(C)C. The molecule has 0 spiro atoms. The lowest BCUT2D eigenvalue weighted by atomic mass is 10.0. The van der Waals surface area contributed by atoms with Crippen molar-refractivity contribution >= 4 is 6.03 Å². The summed E-state index contributed by atoms with van der Waals surface area (Å²) in [5.74, 6) is 1.26. The first kappa shape index (κ1) is 15.3. The van der Waals surface area contributed by atoms with Crippen molar-refractivity contribution in [2.45, 2.75) is 53.5 Å². The van der Waals surface area contributed by atoms with Crippen LogP contribution in [-0.2, 0) is 0 Å². The van der Waals surface area contributed by atoms with E-state index in [-0.39, 0.29) is 6.03 Å². The van der Waals surface area contributed by atoms with Crippen LogP contribution < -0.4 is 5.32 Å². The number of nitrogens with zero attached hydrogens (tertiary/aromatic N) is 1. The van der Waals surface area contributed by atoms with Gasteiger partial charge in [0, 0.05) is 19.6 Å². The van der Waals surface area contributed by atoms with Gasteiger partial charge in [0.05, 0.1) is 0 Å². The second-order valence-electron chi connectivity index (χ2n) is 5.50. The zero-order valence-electron chi connectivity index (χ0n) is 11.7. The highest BCUT2D eigenvalue weighted by Gasteiger charge is 2.15. The normalized spacial score (nSPS) is 13.0. The third-order valence-corrected chi connectivity index (χ3v) is 2.79. The van der Waals surface area contributed by atoms with Gasteiger partial charge in [0.25, 0.3) is 0 Å². The van der Waals surface area contributed by atoms with Crippen molar-refractivity contribution in [1.82, 2.24) is 10.2 Å². The molecule has 0 radical (unpaired) electrons. The van der Waals surface area contributed by atoms with Crippen molar-refractivity contribution in [2.75, 3.05) is 13.6 Å². The molecule has 0 aromatic rings. The van der Waals surface area contributed by atoms with Crippen LogP contribution >= 0.6 is 0 Å². The summed E-state index contributed by atoms with van der Waals surface area (Å²) in [4.78, 5) is 13.6. The van der Waals surface area contributed by atoms with E-state index in [4.69, 9.17) is 0 Å². The maximum Gasteiger partial charge on any atom is 0.317 e. The molecule has 1 N–H and O–H groups in total. The predicted octanol–water partition coefficient (Wildman–Crippen LogP) is 3.11. The Morgan fingerprint density at radius 2 is 1.69 bits per heavy atom. The van der Waals surface area contributed by atoms with Crippen LogP contribution in [0, 0.1) is 11.8 Å². The van der Waals surface area contributed by atoms with Crippen molar-refractivity contribution in [3.63, 3.8) is 0 Å². The zero-order valence-corrected chi connectivity index (χ0v) is 11.7. The molecule has 1 atom stereocenters. The van der Waals surface area contributed by atoms with E-state index in [9.17, 15) is 4.79 Å². The Bertz CT molecular complexity index is 202. The Kier molecular flexibility index (Phi) is 7.18. The van der Waals surface area contributed by atoms with Gasteiger partial charge in [0.15, 0.2) is 0 Å². The van der Waals surface area contributed by atoms with Gasteiger partial charge in [-0.25, -0.2) is 4.79 Å². The molecule has 0 aromatic carbocycles. The highest BCUT2D eigenvalue weighted by atomic mass is 16.2. The zero-order chi connectivity index (χ0) is 12.7. The molecule has 3 heteroatoms. The maximum absolute atomic E-state index is 11.8. The fraction of sp³-hybridized carbons (Fsp3) is 0.923. The number of hydrogen-bond donors (Lipinski definition) is 1. The number of carbonyl (C=O) groups excluding carboxylic acids is 1. The fourth-order valence-corrected chi connectivity index (χ4v) is 1.63. The van der Waals surface area contributed by atoms with E-state index in [1.54, 1.807) is 4.90 Å². The molecular formula is C13H28N2O. The van der Waals surface area contributed by atoms with Crippen molar-refractivity contribution < 1.29 is 4.79 Å². The molecule has 0 unspecified atom stereocenters. The number of amides is 2. The van der Waals surface area contributed by atoms with Gasteiger partial charge < -0.3 is 10.2 Å². The first-order valence-corrected chi connectivity index (χ1v) is 6.35. The smallest absolute Gasteiger partial charge is 0.317 e. The second-order valence-corrected chi connectivity index (χ2v) is 5.50. The first-order valence-electron chi connectivity index (χ1n) is 6.35. The summed E-state index contributed by atoms with van der Waals surface area (Å²) in [6.45, 7) is 11.6. The average molecular weight is 228 g/mol. The topological polar surface area (TPSA) is 32.3 Å². The first-order chi connectivity index (χ1) is 7.34. The molecule has 0 aromatic heterocycles. The van der Waals surface area contributed by atoms with Gasteiger partial charge in [-0.15, -0.1) is 0 Å². The lowest BCUT2D eigenvalue weighted by molar-refractivity contribution is 0.186. The highest BCUT2D eigenvalue weighted by Crippen LogP contribution is 2.09. The fourth-order valence-electron chi connectivity index (χ4n) is 1.63. The average Bonchev–Trinajstić information content (AvgIpc) is 2.14. The molecule has 3 nitrogen and oxygen atoms in total. The van der Waals surface area contributed by atoms with Gasteiger partial charge in [-0.1, -0.05) is 27.7 Å². The van der Waals surface area contributed by atoms with E-state index in [0.717, 1.165) is 19.4 Å². The predicted molar refractivity (Wildman–Crippen MR) is 69.5 cm³/mol. The molecule has 96 valence electrons. The van der Waals surface area contributed by atoms with Crippen molar-refractivity contribution in [3.8, 4) is 0 Å². The van der Waals surface area contributed by atoms with Crippen LogP contribution in [-0.4, -0.2) is 30.6 Å². The van der Waals surface area contributed by atoms with Crippen molar-refractivity contribution in [2.24, 2.45) is 11.8 Å². The molecule has 0 saturated carbocycles. The third kappa shape index (κ3) is 6.70. The van der Waals surface area contributed by atoms with Gasteiger partial charge in [-0.05, 0) is 31.6 Å². The Hall–Kier alpha value is -0.730. The molecule has 0 aliphatic rings. The second kappa shape index (κ2) is 7.53. The maximum atomic E-state index is 11.8. The van der Waals surface area contributed by atoms with E-state index in [2.05, 4.69) is 39.9 Å². The van der Waals surface area contributed by atoms with E-state index in [1.807, 2.05) is 7.05 Å². The minimum absolute atomic E-state index is 0.0498. The molecule has 16 heavy (non-hydrogen) atoms. The molecule has 0 rings (SSSR count). The number of hydrogen-bond acceptors (Lipinski definition) is 1. The van der Waals surface area contributed by atoms with Gasteiger partial charge in [-0.3, -0.25) is 0 Å². The number of nitrogens with one attached hydrogen (secondary N) is 1. The molecule has 0 fully saturated rings. The van der Waals surface area contributed by atoms with Crippen LogP contribution in [0.2, 0.25) is 0 Å². The minimum Gasteiger partial charge on any atom is -0.338 e. The van der Waals surface area contributed by atoms with Crippen LogP contribution in [0.4, 0.5) is 4.79 Å². The van der Waals surface area contributed by atoms with E-state index in [0.29, 0.717) is 17.9 Å². The summed E-state index contributed by atoms with van der Waals surface area (Å²) in [7, 11) is 1.87. The summed E-state index contributed by atoms with van der Waals surface area (Å²) in [5.41, 5.74) is 0. The van der Waals surface area contributed by atoms with E-state index < -0.39 is 0 Å². The van der Waals surface area contributed by atoms with Crippen LogP contribution in [0.15, 0.2) is 0 Å². The van der Waals surface area contributed by atoms with Crippen LogP contribution in [0.1, 0.15) is 47.5 Å². The lowest BCUT2D eigenvalue weighted by Crippen LogP contribution is -2.43. The Balaban J connectivity index is 3.88. The van der Waals surface area contributed by atoms with Crippen molar-refractivity contribution in [1.29, 1.82) is 0 Å². The lowest BCUT2D eigenvalue weighted by Gasteiger charge is -2.26. The number of urea groups is 1. The molecule has 2 amide bonds. The van der Waals surface area contributed by atoms with Gasteiger partial charge in [-0.2, -0.15) is 0 Å². The van der Waals surface area contributed by atoms with E-state index in [1.165, 1.54) is 0 Å². The molecule has 0 bridgehead atoms. The standard InChI is InChI=1S/C13H28N2O/c1-10(2)7-8-14-13(16)15(6)12(5)9-11(3)4/h10-12H,7-9H2,1-6H3,(H,14,16)/t12-/m1/s1. The number of rotatable bonds is 6. The van der Waals surface area contributed by atoms with Crippen LogP contribution in [0.3, 0.4) is 0 Å². The Morgan fingerprint density at radius 3 is 2.12 bits per heavy atom. The largest absolute Gasteiger partial charge is 0.338 e. The van der Waals surface area contributed by atoms with Gasteiger partial charge in [0.2, 0.25) is 0 Å². The summed E-state index contributed by atoms with van der Waals surface area (Å²) >= 11 is 0. The summed E-state index contributed by atoms with van der Waals surface area (Å²) in [6, 6.07) is 0.354. The highest BCUT2D eigenvalue weighted by molar-refractivity contribution is 5.74. The minimum atomic E-state index is 0.0498. The summed E-state index contributed by atoms with van der Waals surface area (Å²) in [6.07, 6.45) is 2.09. The summed E-state index contributed by atoms with van der Waals surface area (Å²) < 4.78 is 0. The monoisotopic (exact) mass is 228 g/mol. The molecule has 0 aliphatic heterocycles. The van der Waals surface area contributed by atoms with Crippen LogP contribution in [0.25, 0.3) is 0 Å². The van der Waals surface area contributed by atoms with E-state index >= 15 is 0 Å².